The Bertz CT molecular complexity index is 753. The first kappa shape index (κ1) is 16.3. The molecular formula is C18H24N4O3. The van der Waals surface area contributed by atoms with E-state index < -0.39 is 0 Å². The number of morpholine rings is 1. The van der Waals surface area contributed by atoms with Crippen LogP contribution in [-0.4, -0.2) is 45.7 Å². The minimum absolute atomic E-state index is 0.123. The first-order valence-corrected chi connectivity index (χ1v) is 8.97. The van der Waals surface area contributed by atoms with E-state index >= 15 is 0 Å². The number of furan rings is 1. The topological polar surface area (TPSA) is 84.2 Å². The number of aromatic amines is 1. The van der Waals surface area contributed by atoms with Crippen molar-refractivity contribution in [2.24, 2.45) is 5.92 Å². The van der Waals surface area contributed by atoms with Crippen molar-refractivity contribution in [3.63, 3.8) is 0 Å². The fraction of sp³-hybridized carbons (Fsp3) is 0.611. The highest BCUT2D eigenvalue weighted by Crippen LogP contribution is 2.47. The van der Waals surface area contributed by atoms with Gasteiger partial charge in [-0.2, -0.15) is 5.10 Å². The zero-order valence-corrected chi connectivity index (χ0v) is 14.7. The number of aryl methyl sites for hydroxylation is 2. The van der Waals surface area contributed by atoms with Gasteiger partial charge in [0.05, 0.1) is 13.2 Å². The van der Waals surface area contributed by atoms with Crippen molar-refractivity contribution in [2.45, 2.75) is 45.1 Å². The maximum atomic E-state index is 12.5. The summed E-state index contributed by atoms with van der Waals surface area (Å²) in [5.41, 5.74) is 0. The molecular weight excluding hydrogens is 320 g/mol. The van der Waals surface area contributed by atoms with Crippen LogP contribution in [0.4, 0.5) is 0 Å². The molecule has 0 radical (unpaired) electrons. The summed E-state index contributed by atoms with van der Waals surface area (Å²) in [4.78, 5) is 18.7. The van der Waals surface area contributed by atoms with Crippen molar-refractivity contribution < 1.29 is 13.9 Å². The molecule has 2 aromatic heterocycles. The van der Waals surface area contributed by atoms with Gasteiger partial charge >= 0.3 is 0 Å². The second kappa shape index (κ2) is 6.63. The second-order valence-corrected chi connectivity index (χ2v) is 7.10. The average Bonchev–Trinajstić information content (AvgIpc) is 3.02. The van der Waals surface area contributed by atoms with Crippen LogP contribution in [0, 0.1) is 12.8 Å². The molecule has 3 heterocycles. The lowest BCUT2D eigenvalue weighted by atomic mass is 10.2. The van der Waals surface area contributed by atoms with Crippen molar-refractivity contribution in [3.8, 4) is 0 Å². The van der Waals surface area contributed by atoms with Crippen LogP contribution < -0.4 is 0 Å². The fourth-order valence-corrected chi connectivity index (χ4v) is 3.37. The molecule has 1 aliphatic heterocycles. The molecule has 2 aromatic rings. The van der Waals surface area contributed by atoms with E-state index in [2.05, 4.69) is 28.2 Å². The number of amides is 1. The smallest absolute Gasteiger partial charge is 0.223 e. The number of carbonyl (C=O) groups is 1. The highest BCUT2D eigenvalue weighted by atomic mass is 16.5. The SMILES string of the molecule is Cc1nc([C@@H]2CN(C(=O)CCc3ccc([C@@H]4C[C@H]4C)o3)CCO2)n[nH]1. The van der Waals surface area contributed by atoms with Gasteiger partial charge in [0.25, 0.3) is 0 Å². The van der Waals surface area contributed by atoms with Gasteiger partial charge in [0.1, 0.15) is 23.4 Å². The lowest BCUT2D eigenvalue weighted by Crippen LogP contribution is -2.42. The highest BCUT2D eigenvalue weighted by Gasteiger charge is 2.36. The number of ether oxygens (including phenoxy) is 1. The summed E-state index contributed by atoms with van der Waals surface area (Å²) in [7, 11) is 0. The van der Waals surface area contributed by atoms with Gasteiger partial charge in [0.15, 0.2) is 5.82 Å². The van der Waals surface area contributed by atoms with E-state index in [4.69, 9.17) is 9.15 Å². The van der Waals surface area contributed by atoms with E-state index in [-0.39, 0.29) is 12.0 Å². The van der Waals surface area contributed by atoms with E-state index in [1.807, 2.05) is 17.9 Å². The van der Waals surface area contributed by atoms with Crippen LogP contribution in [0.2, 0.25) is 0 Å². The third-order valence-corrected chi connectivity index (χ3v) is 5.06. The van der Waals surface area contributed by atoms with E-state index in [0.717, 1.165) is 23.3 Å². The molecule has 1 amide bonds. The Kier molecular flexibility index (Phi) is 4.33. The second-order valence-electron chi connectivity index (χ2n) is 7.10. The molecule has 1 saturated heterocycles. The molecule has 1 saturated carbocycles. The van der Waals surface area contributed by atoms with Crippen molar-refractivity contribution in [3.05, 3.63) is 35.3 Å². The van der Waals surface area contributed by atoms with Gasteiger partial charge in [-0.1, -0.05) is 6.92 Å². The Balaban J connectivity index is 1.30. The number of rotatable bonds is 5. The Morgan fingerprint density at radius 3 is 3.00 bits per heavy atom. The van der Waals surface area contributed by atoms with Crippen molar-refractivity contribution in [1.29, 1.82) is 0 Å². The number of hydrogen-bond donors (Lipinski definition) is 1. The monoisotopic (exact) mass is 344 g/mol. The molecule has 0 bridgehead atoms. The Hall–Kier alpha value is -2.15. The molecule has 0 spiro atoms. The average molecular weight is 344 g/mol. The maximum absolute atomic E-state index is 12.5. The number of hydrogen-bond acceptors (Lipinski definition) is 5. The molecule has 7 nitrogen and oxygen atoms in total. The molecule has 7 heteroatoms. The minimum atomic E-state index is -0.255. The molecule has 0 unspecified atom stereocenters. The normalized spacial score (nSPS) is 26.0. The minimum Gasteiger partial charge on any atom is -0.466 e. The van der Waals surface area contributed by atoms with Crippen molar-refractivity contribution in [2.75, 3.05) is 19.7 Å². The number of carbonyl (C=O) groups excluding carboxylic acids is 1. The zero-order valence-electron chi connectivity index (χ0n) is 14.7. The summed E-state index contributed by atoms with van der Waals surface area (Å²) < 4.78 is 11.6. The van der Waals surface area contributed by atoms with E-state index in [1.165, 1.54) is 6.42 Å². The van der Waals surface area contributed by atoms with E-state index in [1.54, 1.807) is 0 Å². The molecule has 134 valence electrons. The third-order valence-electron chi connectivity index (χ3n) is 5.06. The van der Waals surface area contributed by atoms with Crippen molar-refractivity contribution >= 4 is 5.91 Å². The number of nitrogens with zero attached hydrogens (tertiary/aromatic N) is 3. The van der Waals surface area contributed by atoms with E-state index in [0.29, 0.717) is 44.3 Å². The zero-order chi connectivity index (χ0) is 17.4. The molecule has 1 aliphatic carbocycles. The quantitative estimate of drug-likeness (QED) is 0.900. The largest absolute Gasteiger partial charge is 0.466 e. The third kappa shape index (κ3) is 3.61. The van der Waals surface area contributed by atoms with Crippen LogP contribution in [0.3, 0.4) is 0 Å². The summed E-state index contributed by atoms with van der Waals surface area (Å²) >= 11 is 0. The highest BCUT2D eigenvalue weighted by molar-refractivity contribution is 5.76. The maximum Gasteiger partial charge on any atom is 0.223 e. The van der Waals surface area contributed by atoms with Gasteiger partial charge < -0.3 is 14.1 Å². The van der Waals surface area contributed by atoms with Crippen LogP contribution in [0.5, 0.6) is 0 Å². The lowest BCUT2D eigenvalue weighted by Gasteiger charge is -2.31. The standard InChI is InChI=1S/C18H24N4O3/c1-11-9-14(11)15-5-3-13(25-15)4-6-17(23)22-7-8-24-16(10-22)18-19-12(2)20-21-18/h3,5,11,14,16H,4,6-10H2,1-2H3,(H,19,20,21)/t11-,14-,16+/m1/s1. The number of aromatic nitrogens is 3. The van der Waals surface area contributed by atoms with Gasteiger partial charge in [-0.05, 0) is 31.4 Å². The molecule has 2 fully saturated rings. The summed E-state index contributed by atoms with van der Waals surface area (Å²) in [6.45, 7) is 5.71. The van der Waals surface area contributed by atoms with Crippen molar-refractivity contribution in [1.82, 2.24) is 20.1 Å². The molecule has 25 heavy (non-hydrogen) atoms. The van der Waals surface area contributed by atoms with Crippen LogP contribution >= 0.6 is 0 Å². The van der Waals surface area contributed by atoms with Gasteiger partial charge in [0.2, 0.25) is 5.91 Å². The summed E-state index contributed by atoms with van der Waals surface area (Å²) in [5.74, 6) is 4.76. The van der Waals surface area contributed by atoms with Gasteiger partial charge in [0, 0.05) is 25.3 Å². The Labute approximate surface area is 146 Å². The van der Waals surface area contributed by atoms with Crippen LogP contribution in [0.1, 0.15) is 55.0 Å². The van der Waals surface area contributed by atoms with E-state index in [9.17, 15) is 4.79 Å². The first-order chi connectivity index (χ1) is 12.1. The summed E-state index contributed by atoms with van der Waals surface area (Å²) in [6.07, 6.45) is 2.05. The summed E-state index contributed by atoms with van der Waals surface area (Å²) in [6, 6.07) is 4.07. The van der Waals surface area contributed by atoms with Crippen LogP contribution in [0.25, 0.3) is 0 Å². The lowest BCUT2D eigenvalue weighted by molar-refractivity contribution is -0.139. The Morgan fingerprint density at radius 1 is 1.44 bits per heavy atom. The van der Waals surface area contributed by atoms with Crippen LogP contribution in [0.15, 0.2) is 16.5 Å². The Morgan fingerprint density at radius 2 is 2.28 bits per heavy atom. The fourth-order valence-electron chi connectivity index (χ4n) is 3.37. The number of H-pyrrole nitrogens is 1. The first-order valence-electron chi connectivity index (χ1n) is 8.97. The van der Waals surface area contributed by atoms with Gasteiger partial charge in [-0.25, -0.2) is 4.98 Å². The molecule has 3 atom stereocenters. The number of nitrogens with one attached hydrogen (secondary N) is 1. The predicted octanol–water partition coefficient (Wildman–Crippen LogP) is 2.36. The predicted molar refractivity (Wildman–Crippen MR) is 89.9 cm³/mol. The van der Waals surface area contributed by atoms with Crippen LogP contribution in [-0.2, 0) is 16.0 Å². The molecule has 1 N–H and O–H groups in total. The molecule has 0 aromatic carbocycles. The molecule has 2 aliphatic rings. The molecule has 4 rings (SSSR count). The van der Waals surface area contributed by atoms with Gasteiger partial charge in [-0.15, -0.1) is 0 Å². The summed E-state index contributed by atoms with van der Waals surface area (Å²) in [5, 5.41) is 6.96. The van der Waals surface area contributed by atoms with Gasteiger partial charge in [-0.3, -0.25) is 9.89 Å².